The molecular formula is C14H19FN2OS. The van der Waals surface area contributed by atoms with Gasteiger partial charge in [0.2, 0.25) is 5.91 Å². The average molecular weight is 282 g/mol. The van der Waals surface area contributed by atoms with Crippen LogP contribution < -0.4 is 11.1 Å². The summed E-state index contributed by atoms with van der Waals surface area (Å²) in [7, 11) is 0. The highest BCUT2D eigenvalue weighted by atomic mass is 32.2. The summed E-state index contributed by atoms with van der Waals surface area (Å²) in [5.74, 6) is 1.47. The number of carbonyl (C=O) groups is 1. The van der Waals surface area contributed by atoms with E-state index in [1.54, 1.807) is 12.1 Å². The van der Waals surface area contributed by atoms with Crippen molar-refractivity contribution in [3.63, 3.8) is 0 Å². The molecule has 19 heavy (non-hydrogen) atoms. The third-order valence-electron chi connectivity index (χ3n) is 3.38. The number of halogens is 1. The molecule has 3 nitrogen and oxygen atoms in total. The standard InChI is InChI=1S/C14H19FN2OS/c15-12-3-1-10(2-4-12)7-11(14(16)18)8-17-13-5-6-19-9-13/h1-4,11,13,17H,5-9H2,(H2,16,18)/t11-,13+/m1/s1. The van der Waals surface area contributed by atoms with Gasteiger partial charge in [0.05, 0.1) is 5.92 Å². The Labute approximate surface area is 117 Å². The van der Waals surface area contributed by atoms with Gasteiger partial charge in [0.1, 0.15) is 5.82 Å². The van der Waals surface area contributed by atoms with Crippen LogP contribution in [0.15, 0.2) is 24.3 Å². The van der Waals surface area contributed by atoms with Gasteiger partial charge in [-0.25, -0.2) is 4.39 Å². The Morgan fingerprint density at radius 1 is 1.47 bits per heavy atom. The first-order chi connectivity index (χ1) is 9.15. The highest BCUT2D eigenvalue weighted by Crippen LogP contribution is 2.17. The van der Waals surface area contributed by atoms with Crippen molar-refractivity contribution in [2.45, 2.75) is 18.9 Å². The minimum absolute atomic E-state index is 0.240. The average Bonchev–Trinajstić information content (AvgIpc) is 2.89. The van der Waals surface area contributed by atoms with Gasteiger partial charge >= 0.3 is 0 Å². The van der Waals surface area contributed by atoms with Crippen LogP contribution in [0.5, 0.6) is 0 Å². The molecule has 1 amide bonds. The smallest absolute Gasteiger partial charge is 0.222 e. The molecule has 0 saturated carbocycles. The first-order valence-electron chi connectivity index (χ1n) is 6.50. The van der Waals surface area contributed by atoms with Crippen molar-refractivity contribution in [1.82, 2.24) is 5.32 Å². The highest BCUT2D eigenvalue weighted by molar-refractivity contribution is 7.99. The van der Waals surface area contributed by atoms with E-state index in [0.717, 1.165) is 17.7 Å². The van der Waals surface area contributed by atoms with E-state index < -0.39 is 0 Å². The minimum Gasteiger partial charge on any atom is -0.369 e. The van der Waals surface area contributed by atoms with Crippen molar-refractivity contribution in [2.24, 2.45) is 11.7 Å². The van der Waals surface area contributed by atoms with E-state index in [0.29, 0.717) is 19.0 Å². The molecule has 2 atom stereocenters. The number of rotatable bonds is 6. The number of benzene rings is 1. The van der Waals surface area contributed by atoms with Crippen molar-refractivity contribution in [3.05, 3.63) is 35.6 Å². The van der Waals surface area contributed by atoms with Gasteiger partial charge in [-0.1, -0.05) is 12.1 Å². The predicted octanol–water partition coefficient (Wildman–Crippen LogP) is 1.56. The van der Waals surface area contributed by atoms with Crippen LogP contribution in [0.25, 0.3) is 0 Å². The molecule has 1 aromatic carbocycles. The maximum Gasteiger partial charge on any atom is 0.222 e. The maximum absolute atomic E-state index is 12.8. The van der Waals surface area contributed by atoms with E-state index >= 15 is 0 Å². The van der Waals surface area contributed by atoms with Crippen LogP contribution in [0.4, 0.5) is 4.39 Å². The third kappa shape index (κ3) is 4.51. The molecule has 0 spiro atoms. The predicted molar refractivity (Wildman–Crippen MR) is 76.5 cm³/mol. The van der Waals surface area contributed by atoms with Crippen LogP contribution in [-0.2, 0) is 11.2 Å². The summed E-state index contributed by atoms with van der Waals surface area (Å²) in [6.45, 7) is 0.595. The zero-order chi connectivity index (χ0) is 13.7. The van der Waals surface area contributed by atoms with E-state index in [1.165, 1.54) is 17.9 Å². The van der Waals surface area contributed by atoms with Crippen molar-refractivity contribution >= 4 is 17.7 Å². The Hall–Kier alpha value is -1.07. The molecule has 0 bridgehead atoms. The molecule has 1 aliphatic heterocycles. The quantitative estimate of drug-likeness (QED) is 0.832. The number of nitrogens with two attached hydrogens (primary N) is 1. The first kappa shape index (κ1) is 14.3. The summed E-state index contributed by atoms with van der Waals surface area (Å²) in [6, 6.07) is 6.72. The fourth-order valence-corrected chi connectivity index (χ4v) is 3.37. The summed E-state index contributed by atoms with van der Waals surface area (Å²) in [4.78, 5) is 11.5. The molecule has 0 aliphatic carbocycles. The lowest BCUT2D eigenvalue weighted by Gasteiger charge is -2.17. The van der Waals surface area contributed by atoms with E-state index in [-0.39, 0.29) is 17.6 Å². The molecule has 3 N–H and O–H groups in total. The third-order valence-corrected chi connectivity index (χ3v) is 4.54. The van der Waals surface area contributed by atoms with Gasteiger partial charge < -0.3 is 11.1 Å². The van der Waals surface area contributed by atoms with E-state index in [4.69, 9.17) is 5.73 Å². The lowest BCUT2D eigenvalue weighted by molar-refractivity contribution is -0.121. The molecule has 0 unspecified atom stereocenters. The van der Waals surface area contributed by atoms with Gasteiger partial charge in [-0.2, -0.15) is 11.8 Å². The van der Waals surface area contributed by atoms with Crippen LogP contribution in [0.1, 0.15) is 12.0 Å². The number of thioether (sulfide) groups is 1. The maximum atomic E-state index is 12.8. The first-order valence-corrected chi connectivity index (χ1v) is 7.65. The van der Waals surface area contributed by atoms with E-state index in [9.17, 15) is 9.18 Å². The summed E-state index contributed by atoms with van der Waals surface area (Å²) in [5.41, 5.74) is 6.38. The Balaban J connectivity index is 1.88. The van der Waals surface area contributed by atoms with Crippen LogP contribution >= 0.6 is 11.8 Å². The summed E-state index contributed by atoms with van der Waals surface area (Å²) in [6.07, 6.45) is 1.70. The molecule has 0 aromatic heterocycles. The molecule has 1 fully saturated rings. The van der Waals surface area contributed by atoms with Crippen molar-refractivity contribution < 1.29 is 9.18 Å². The van der Waals surface area contributed by atoms with Crippen LogP contribution in [-0.4, -0.2) is 30.0 Å². The van der Waals surface area contributed by atoms with Gasteiger partial charge in [0, 0.05) is 18.3 Å². The second-order valence-electron chi connectivity index (χ2n) is 4.90. The summed E-state index contributed by atoms with van der Waals surface area (Å²) in [5, 5.41) is 3.40. The monoisotopic (exact) mass is 282 g/mol. The molecule has 1 heterocycles. The molecule has 2 rings (SSSR count). The molecule has 1 saturated heterocycles. The largest absolute Gasteiger partial charge is 0.369 e. The van der Waals surface area contributed by atoms with Gasteiger partial charge in [-0.3, -0.25) is 4.79 Å². The lowest BCUT2D eigenvalue weighted by atomic mass is 9.98. The highest BCUT2D eigenvalue weighted by Gasteiger charge is 2.20. The van der Waals surface area contributed by atoms with Crippen molar-refractivity contribution in [3.8, 4) is 0 Å². The van der Waals surface area contributed by atoms with Crippen molar-refractivity contribution in [2.75, 3.05) is 18.1 Å². The minimum atomic E-state index is -0.303. The van der Waals surface area contributed by atoms with E-state index in [2.05, 4.69) is 5.32 Å². The number of amides is 1. The van der Waals surface area contributed by atoms with Gasteiger partial charge in [-0.15, -0.1) is 0 Å². The molecule has 1 aromatic rings. The number of hydrogen-bond donors (Lipinski definition) is 2. The second-order valence-corrected chi connectivity index (χ2v) is 6.05. The Morgan fingerprint density at radius 3 is 2.79 bits per heavy atom. The normalized spacial score (nSPS) is 20.4. The molecular weight excluding hydrogens is 263 g/mol. The Morgan fingerprint density at radius 2 is 2.21 bits per heavy atom. The molecule has 1 aliphatic rings. The topological polar surface area (TPSA) is 55.1 Å². The van der Waals surface area contributed by atoms with Crippen LogP contribution in [0.2, 0.25) is 0 Å². The lowest BCUT2D eigenvalue weighted by Crippen LogP contribution is -2.39. The zero-order valence-electron chi connectivity index (χ0n) is 10.8. The van der Waals surface area contributed by atoms with Crippen LogP contribution in [0.3, 0.4) is 0 Å². The van der Waals surface area contributed by atoms with Gasteiger partial charge in [0.15, 0.2) is 0 Å². The summed E-state index contributed by atoms with van der Waals surface area (Å²) >= 11 is 1.93. The van der Waals surface area contributed by atoms with Gasteiger partial charge in [-0.05, 0) is 36.3 Å². The SMILES string of the molecule is NC(=O)[C@@H](CN[C@H]1CCSC1)Cc1ccc(F)cc1. The van der Waals surface area contributed by atoms with Crippen molar-refractivity contribution in [1.29, 1.82) is 0 Å². The number of nitrogens with one attached hydrogen (secondary N) is 1. The van der Waals surface area contributed by atoms with Crippen LogP contribution in [0, 0.1) is 11.7 Å². The fraction of sp³-hybridized carbons (Fsp3) is 0.500. The molecule has 5 heteroatoms. The van der Waals surface area contributed by atoms with Gasteiger partial charge in [0.25, 0.3) is 0 Å². The second kappa shape index (κ2) is 6.91. The number of primary amides is 1. The summed E-state index contributed by atoms with van der Waals surface area (Å²) < 4.78 is 12.8. The van der Waals surface area contributed by atoms with E-state index in [1.807, 2.05) is 11.8 Å². The Bertz CT molecular complexity index is 418. The molecule has 104 valence electrons. The molecule has 0 radical (unpaired) electrons. The Kier molecular flexibility index (Phi) is 5.22. The number of hydrogen-bond acceptors (Lipinski definition) is 3. The number of carbonyl (C=O) groups excluding carboxylic acids is 1. The fourth-order valence-electron chi connectivity index (χ4n) is 2.18. The zero-order valence-corrected chi connectivity index (χ0v) is 11.6.